The third kappa shape index (κ3) is 3.50. The fraction of sp³-hybridized carbons (Fsp3) is 0.200. The fourth-order valence-electron chi connectivity index (χ4n) is 2.90. The third-order valence-electron chi connectivity index (χ3n) is 4.62. The molecule has 0 bridgehead atoms. The van der Waals surface area contributed by atoms with Crippen LogP contribution < -0.4 is 4.72 Å². The van der Waals surface area contributed by atoms with Gasteiger partial charge in [-0.3, -0.25) is 9.71 Å². The Morgan fingerprint density at radius 1 is 1.11 bits per heavy atom. The number of benzene rings is 1. The van der Waals surface area contributed by atoms with Crippen LogP contribution in [0.5, 0.6) is 0 Å². The molecule has 144 valence electrons. The topological polar surface area (TPSA) is 101 Å². The Morgan fingerprint density at radius 3 is 2.64 bits per heavy atom. The van der Waals surface area contributed by atoms with Gasteiger partial charge in [0.2, 0.25) is 15.9 Å². The Labute approximate surface area is 162 Å². The van der Waals surface area contributed by atoms with Crippen LogP contribution in [0.4, 0.5) is 5.69 Å². The number of sulfonamides is 1. The average Bonchev–Trinajstić information content (AvgIpc) is 3.24. The van der Waals surface area contributed by atoms with Crippen LogP contribution in [0.1, 0.15) is 18.2 Å². The number of aryl methyl sites for hydroxylation is 2. The lowest BCUT2D eigenvalue weighted by Gasteiger charge is -2.07. The van der Waals surface area contributed by atoms with Crippen LogP contribution in [0.15, 0.2) is 47.1 Å². The van der Waals surface area contributed by atoms with Crippen LogP contribution in [0.3, 0.4) is 0 Å². The van der Waals surface area contributed by atoms with Crippen molar-refractivity contribution >= 4 is 26.8 Å². The minimum absolute atomic E-state index is 0.00171. The number of aromatic amines is 1. The van der Waals surface area contributed by atoms with Crippen molar-refractivity contribution in [1.29, 1.82) is 0 Å². The van der Waals surface area contributed by atoms with Gasteiger partial charge >= 0.3 is 0 Å². The largest absolute Gasteiger partial charge is 0.435 e. The predicted molar refractivity (Wildman–Crippen MR) is 110 cm³/mol. The summed E-state index contributed by atoms with van der Waals surface area (Å²) in [6.07, 6.45) is 3.16. The number of nitrogens with zero attached hydrogens (tertiary/aromatic N) is 2. The highest BCUT2D eigenvalue weighted by Crippen LogP contribution is 2.29. The number of hydrogen-bond acceptors (Lipinski definition) is 5. The number of hydrogen-bond donors (Lipinski definition) is 2. The molecule has 1 aromatic carbocycles. The quantitative estimate of drug-likeness (QED) is 0.525. The Hall–Kier alpha value is -3.13. The van der Waals surface area contributed by atoms with Gasteiger partial charge in [-0.15, -0.1) is 0 Å². The van der Waals surface area contributed by atoms with E-state index in [1.54, 1.807) is 19.2 Å². The summed E-state index contributed by atoms with van der Waals surface area (Å²) in [4.78, 5) is 12.0. The molecule has 0 unspecified atom stereocenters. The monoisotopic (exact) mass is 396 g/mol. The molecule has 28 heavy (non-hydrogen) atoms. The van der Waals surface area contributed by atoms with Gasteiger partial charge in [0.05, 0.1) is 17.6 Å². The lowest BCUT2D eigenvalue weighted by atomic mass is 10.1. The van der Waals surface area contributed by atoms with Crippen molar-refractivity contribution in [2.45, 2.75) is 20.8 Å². The van der Waals surface area contributed by atoms with Crippen molar-refractivity contribution in [3.8, 4) is 22.7 Å². The molecule has 0 aliphatic rings. The molecule has 2 N–H and O–H groups in total. The first-order valence-electron chi connectivity index (χ1n) is 8.88. The van der Waals surface area contributed by atoms with Gasteiger partial charge in [-0.25, -0.2) is 13.4 Å². The lowest BCUT2D eigenvalue weighted by molar-refractivity contribution is 0.602. The van der Waals surface area contributed by atoms with Crippen molar-refractivity contribution in [2.24, 2.45) is 0 Å². The van der Waals surface area contributed by atoms with Crippen LogP contribution in [-0.2, 0) is 10.0 Å². The third-order valence-corrected chi connectivity index (χ3v) is 5.93. The Morgan fingerprint density at radius 2 is 1.93 bits per heavy atom. The summed E-state index contributed by atoms with van der Waals surface area (Å²) in [6.45, 7) is 5.62. The predicted octanol–water partition coefficient (Wildman–Crippen LogP) is 4.26. The van der Waals surface area contributed by atoms with Crippen LogP contribution in [0.2, 0.25) is 0 Å². The molecule has 7 nitrogen and oxygen atoms in total. The smallest absolute Gasteiger partial charge is 0.244 e. The SMILES string of the molecule is CCS(=O)(=O)Nc1cncc(-c2ccc3nc(-c4cc(C)c(C)[nH]4)oc3c2)c1. The van der Waals surface area contributed by atoms with Gasteiger partial charge in [-0.2, -0.15) is 0 Å². The molecule has 8 heteroatoms. The number of aromatic nitrogens is 3. The first-order chi connectivity index (χ1) is 13.3. The van der Waals surface area contributed by atoms with Crippen molar-refractivity contribution in [3.63, 3.8) is 0 Å². The molecule has 0 atom stereocenters. The van der Waals surface area contributed by atoms with Crippen molar-refractivity contribution in [2.75, 3.05) is 10.5 Å². The van der Waals surface area contributed by atoms with Gasteiger partial charge in [0.1, 0.15) is 11.2 Å². The highest BCUT2D eigenvalue weighted by Gasteiger charge is 2.13. The number of oxazole rings is 1. The van der Waals surface area contributed by atoms with E-state index in [1.165, 1.54) is 6.20 Å². The average molecular weight is 396 g/mol. The Bertz CT molecular complexity index is 1250. The number of pyridine rings is 1. The molecule has 0 spiro atoms. The summed E-state index contributed by atoms with van der Waals surface area (Å²) in [5, 5.41) is 0. The van der Waals surface area contributed by atoms with Gasteiger partial charge < -0.3 is 9.40 Å². The maximum atomic E-state index is 11.8. The summed E-state index contributed by atoms with van der Waals surface area (Å²) < 4.78 is 32.0. The van der Waals surface area contributed by atoms with Crippen LogP contribution in [0.25, 0.3) is 33.8 Å². The molecule has 0 saturated carbocycles. The number of rotatable bonds is 5. The zero-order chi connectivity index (χ0) is 19.9. The van der Waals surface area contributed by atoms with Gasteiger partial charge in [0.25, 0.3) is 0 Å². The molecule has 0 saturated heterocycles. The first-order valence-corrected chi connectivity index (χ1v) is 10.5. The number of anilines is 1. The van der Waals surface area contributed by atoms with Gasteiger partial charge in [-0.05, 0) is 56.2 Å². The van der Waals surface area contributed by atoms with Gasteiger partial charge in [0, 0.05) is 17.5 Å². The van der Waals surface area contributed by atoms with E-state index in [4.69, 9.17) is 4.42 Å². The highest BCUT2D eigenvalue weighted by molar-refractivity contribution is 7.92. The molecule has 4 rings (SSSR count). The molecule has 4 aromatic rings. The molecule has 0 radical (unpaired) electrons. The van der Waals surface area contributed by atoms with E-state index in [2.05, 4.69) is 19.7 Å². The van der Waals surface area contributed by atoms with E-state index in [9.17, 15) is 8.42 Å². The summed E-state index contributed by atoms with van der Waals surface area (Å²) >= 11 is 0. The second-order valence-electron chi connectivity index (χ2n) is 6.66. The second-order valence-corrected chi connectivity index (χ2v) is 8.67. The highest BCUT2D eigenvalue weighted by atomic mass is 32.2. The minimum atomic E-state index is -3.36. The molecule has 0 aliphatic heterocycles. The van der Waals surface area contributed by atoms with Crippen molar-refractivity contribution in [1.82, 2.24) is 15.0 Å². The van der Waals surface area contributed by atoms with Crippen molar-refractivity contribution in [3.05, 3.63) is 54.0 Å². The number of fused-ring (bicyclic) bond motifs is 1. The molecule has 3 heterocycles. The van der Waals surface area contributed by atoms with E-state index in [0.717, 1.165) is 33.6 Å². The molecule has 3 aromatic heterocycles. The summed E-state index contributed by atoms with van der Waals surface area (Å²) in [5.41, 5.74) is 6.53. The second kappa shape index (κ2) is 6.79. The van der Waals surface area contributed by atoms with E-state index in [1.807, 2.05) is 38.1 Å². The van der Waals surface area contributed by atoms with Crippen LogP contribution in [0, 0.1) is 13.8 Å². The van der Waals surface area contributed by atoms with E-state index < -0.39 is 10.0 Å². The summed E-state index contributed by atoms with van der Waals surface area (Å²) in [7, 11) is -3.36. The van der Waals surface area contributed by atoms with Crippen molar-refractivity contribution < 1.29 is 12.8 Å². The standard InChI is InChI=1S/C20H20N4O3S/c1-4-28(25,26)24-16-8-15(10-21-11-16)14-5-6-17-19(9-14)27-20(23-17)18-7-12(2)13(3)22-18/h5-11,22,24H,4H2,1-3H3. The minimum Gasteiger partial charge on any atom is -0.435 e. The van der Waals surface area contributed by atoms with E-state index in [0.29, 0.717) is 17.2 Å². The zero-order valence-corrected chi connectivity index (χ0v) is 16.6. The van der Waals surface area contributed by atoms with Gasteiger partial charge in [0.15, 0.2) is 5.58 Å². The zero-order valence-electron chi connectivity index (χ0n) is 15.8. The molecular formula is C20H20N4O3S. The molecular weight excluding hydrogens is 376 g/mol. The van der Waals surface area contributed by atoms with E-state index >= 15 is 0 Å². The normalized spacial score (nSPS) is 11.8. The molecule has 0 amide bonds. The summed E-state index contributed by atoms with van der Waals surface area (Å²) in [6, 6.07) is 9.42. The summed E-state index contributed by atoms with van der Waals surface area (Å²) in [5.74, 6) is 0.535. The Kier molecular flexibility index (Phi) is 4.43. The Balaban J connectivity index is 1.70. The maximum absolute atomic E-state index is 11.8. The first kappa shape index (κ1) is 18.2. The molecule has 0 aliphatic carbocycles. The fourth-order valence-corrected chi connectivity index (χ4v) is 3.52. The van der Waals surface area contributed by atoms with Crippen LogP contribution >= 0.6 is 0 Å². The van der Waals surface area contributed by atoms with Gasteiger partial charge in [-0.1, -0.05) is 6.07 Å². The number of H-pyrrole nitrogens is 1. The maximum Gasteiger partial charge on any atom is 0.244 e. The molecule has 0 fully saturated rings. The van der Waals surface area contributed by atoms with Crippen LogP contribution in [-0.4, -0.2) is 29.1 Å². The number of nitrogens with one attached hydrogen (secondary N) is 2. The van der Waals surface area contributed by atoms with E-state index in [-0.39, 0.29) is 5.75 Å². The lowest BCUT2D eigenvalue weighted by Crippen LogP contribution is -2.14.